The first kappa shape index (κ1) is 22.2. The van der Waals surface area contributed by atoms with Gasteiger partial charge in [-0.2, -0.15) is 5.10 Å². The van der Waals surface area contributed by atoms with Gasteiger partial charge in [0.05, 0.1) is 12.3 Å². The van der Waals surface area contributed by atoms with Crippen molar-refractivity contribution in [2.24, 2.45) is 5.73 Å². The maximum Gasteiger partial charge on any atom is 0.327 e. The predicted octanol–water partition coefficient (Wildman–Crippen LogP) is 2.45. The van der Waals surface area contributed by atoms with Crippen molar-refractivity contribution < 1.29 is 9.53 Å². The third-order valence-electron chi connectivity index (χ3n) is 4.19. The zero-order chi connectivity index (χ0) is 18.2. The van der Waals surface area contributed by atoms with E-state index >= 15 is 0 Å². The number of benzene rings is 1. The quantitative estimate of drug-likeness (QED) is 0.676. The zero-order valence-electron chi connectivity index (χ0n) is 15.8. The van der Waals surface area contributed by atoms with Crippen LogP contribution in [0.2, 0.25) is 0 Å². The van der Waals surface area contributed by atoms with Crippen LogP contribution in [-0.2, 0) is 29.2 Å². The van der Waals surface area contributed by atoms with E-state index in [1.807, 2.05) is 32.0 Å². The first-order valence-corrected chi connectivity index (χ1v) is 8.70. The van der Waals surface area contributed by atoms with Crippen molar-refractivity contribution in [3.63, 3.8) is 0 Å². The molecule has 2 aromatic rings. The number of carbonyl (C=O) groups excluding carboxylic acids is 1. The highest BCUT2D eigenvalue weighted by molar-refractivity contribution is 5.85. The van der Waals surface area contributed by atoms with Crippen molar-refractivity contribution >= 4 is 18.4 Å². The maximum absolute atomic E-state index is 11.7. The number of carbonyl (C=O) groups is 1. The summed E-state index contributed by atoms with van der Waals surface area (Å²) in [5.41, 5.74) is 10.1. The molecule has 0 fully saturated rings. The number of ether oxygens (including phenoxy) is 1. The third kappa shape index (κ3) is 6.12. The monoisotopic (exact) mass is 380 g/mol. The molecule has 0 atom stereocenters. The Morgan fingerprint density at radius 1 is 1.23 bits per heavy atom. The molecule has 7 heteroatoms. The molecule has 26 heavy (non-hydrogen) atoms. The van der Waals surface area contributed by atoms with Crippen molar-refractivity contribution in [2.75, 3.05) is 19.7 Å². The number of hydrogen-bond donors (Lipinski definition) is 1. The molecule has 0 saturated carbocycles. The van der Waals surface area contributed by atoms with Crippen LogP contribution in [-0.4, -0.2) is 40.3 Å². The second kappa shape index (κ2) is 11.0. The van der Waals surface area contributed by atoms with Gasteiger partial charge in [-0.05, 0) is 26.3 Å². The fourth-order valence-corrected chi connectivity index (χ4v) is 2.91. The average Bonchev–Trinajstić information content (AvgIpc) is 2.83. The minimum Gasteiger partial charge on any atom is -0.465 e. The van der Waals surface area contributed by atoms with Gasteiger partial charge in [-0.25, -0.2) is 0 Å². The first-order valence-electron chi connectivity index (χ1n) is 8.70. The van der Waals surface area contributed by atoms with Crippen LogP contribution in [0.1, 0.15) is 29.4 Å². The fourth-order valence-electron chi connectivity index (χ4n) is 2.91. The lowest BCUT2D eigenvalue weighted by atomic mass is 10.1. The summed E-state index contributed by atoms with van der Waals surface area (Å²) in [5.74, 6) is -0.261. The van der Waals surface area contributed by atoms with Gasteiger partial charge in [-0.1, -0.05) is 30.3 Å². The van der Waals surface area contributed by atoms with Gasteiger partial charge in [0, 0.05) is 37.4 Å². The molecule has 0 aliphatic heterocycles. The largest absolute Gasteiger partial charge is 0.465 e. The van der Waals surface area contributed by atoms with E-state index in [1.165, 1.54) is 5.56 Å². The van der Waals surface area contributed by atoms with Crippen LogP contribution in [0.25, 0.3) is 0 Å². The summed E-state index contributed by atoms with van der Waals surface area (Å²) in [5, 5.41) is 4.51. The number of aromatic nitrogens is 2. The van der Waals surface area contributed by atoms with Gasteiger partial charge in [0.15, 0.2) is 0 Å². The molecule has 2 N–H and O–H groups in total. The Hall–Kier alpha value is -1.89. The minimum absolute atomic E-state index is 0. The second-order valence-electron chi connectivity index (χ2n) is 6.10. The molecule has 0 spiro atoms. The fraction of sp³-hybridized carbons (Fsp3) is 0.474. The first-order chi connectivity index (χ1) is 12.0. The number of aryl methyl sites for hydroxylation is 1. The van der Waals surface area contributed by atoms with Crippen LogP contribution >= 0.6 is 12.4 Å². The highest BCUT2D eigenvalue weighted by Gasteiger charge is 2.17. The average molecular weight is 381 g/mol. The number of rotatable bonds is 9. The predicted molar refractivity (Wildman–Crippen MR) is 105 cm³/mol. The Morgan fingerprint density at radius 2 is 1.92 bits per heavy atom. The van der Waals surface area contributed by atoms with E-state index in [4.69, 9.17) is 10.5 Å². The normalized spacial score (nSPS) is 10.7. The Morgan fingerprint density at radius 3 is 2.54 bits per heavy atom. The number of nitrogens with zero attached hydrogens (tertiary/aromatic N) is 3. The second-order valence-corrected chi connectivity index (χ2v) is 6.10. The number of esters is 1. The van der Waals surface area contributed by atoms with Crippen molar-refractivity contribution in [3.8, 4) is 0 Å². The molecule has 1 aromatic heterocycles. The van der Waals surface area contributed by atoms with Gasteiger partial charge >= 0.3 is 5.97 Å². The Labute approximate surface area is 161 Å². The van der Waals surface area contributed by atoms with Gasteiger partial charge in [0.25, 0.3) is 0 Å². The molecular weight excluding hydrogens is 352 g/mol. The summed E-state index contributed by atoms with van der Waals surface area (Å²) in [6.07, 6.45) is 0. The summed E-state index contributed by atoms with van der Waals surface area (Å²) >= 11 is 0. The standard InChI is InChI=1S/C19H28N4O2.ClH/c1-4-25-19(24)14-23-16(3)18(15(2)21-23)13-22(11-10-20)12-17-8-6-5-7-9-17;/h5-9H,4,10-14,20H2,1-3H3;1H. The Balaban J connectivity index is 0.00000338. The van der Waals surface area contributed by atoms with Crippen LogP contribution in [0.5, 0.6) is 0 Å². The molecule has 0 bridgehead atoms. The summed E-state index contributed by atoms with van der Waals surface area (Å²) < 4.78 is 6.75. The molecule has 1 heterocycles. The minimum atomic E-state index is -0.261. The van der Waals surface area contributed by atoms with E-state index in [-0.39, 0.29) is 24.9 Å². The molecule has 0 amide bonds. The van der Waals surface area contributed by atoms with Gasteiger partial charge in [-0.15, -0.1) is 12.4 Å². The summed E-state index contributed by atoms with van der Waals surface area (Å²) in [7, 11) is 0. The van der Waals surface area contributed by atoms with Gasteiger partial charge < -0.3 is 10.5 Å². The molecule has 6 nitrogen and oxygen atoms in total. The van der Waals surface area contributed by atoms with E-state index in [0.29, 0.717) is 13.2 Å². The number of halogens is 1. The number of hydrogen-bond acceptors (Lipinski definition) is 5. The van der Waals surface area contributed by atoms with E-state index in [9.17, 15) is 4.79 Å². The van der Waals surface area contributed by atoms with Crippen molar-refractivity contribution in [3.05, 3.63) is 52.8 Å². The van der Waals surface area contributed by atoms with Crippen LogP contribution in [0.3, 0.4) is 0 Å². The Kier molecular flexibility index (Phi) is 9.34. The van der Waals surface area contributed by atoms with Gasteiger partial charge in [0.2, 0.25) is 0 Å². The molecule has 0 unspecified atom stereocenters. The lowest BCUT2D eigenvalue weighted by molar-refractivity contribution is -0.144. The lowest BCUT2D eigenvalue weighted by Gasteiger charge is -2.22. The summed E-state index contributed by atoms with van der Waals surface area (Å²) in [6.45, 7) is 9.30. The Bertz CT molecular complexity index is 688. The summed E-state index contributed by atoms with van der Waals surface area (Å²) in [4.78, 5) is 14.0. The molecule has 0 saturated heterocycles. The molecule has 0 radical (unpaired) electrons. The topological polar surface area (TPSA) is 73.4 Å². The van der Waals surface area contributed by atoms with Gasteiger partial charge in [0.1, 0.15) is 6.54 Å². The number of nitrogens with two attached hydrogens (primary N) is 1. The zero-order valence-corrected chi connectivity index (χ0v) is 16.6. The van der Waals surface area contributed by atoms with Crippen LogP contribution < -0.4 is 5.73 Å². The van der Waals surface area contributed by atoms with E-state index in [1.54, 1.807) is 11.6 Å². The molecule has 0 aliphatic rings. The molecule has 1 aromatic carbocycles. The van der Waals surface area contributed by atoms with Crippen LogP contribution in [0.4, 0.5) is 0 Å². The molecule has 2 rings (SSSR count). The van der Waals surface area contributed by atoms with E-state index in [0.717, 1.165) is 36.6 Å². The highest BCUT2D eigenvalue weighted by atomic mass is 35.5. The SMILES string of the molecule is CCOC(=O)Cn1nc(C)c(CN(CCN)Cc2ccccc2)c1C.Cl. The summed E-state index contributed by atoms with van der Waals surface area (Å²) in [6, 6.07) is 10.3. The van der Waals surface area contributed by atoms with Crippen LogP contribution in [0.15, 0.2) is 30.3 Å². The molecule has 144 valence electrons. The van der Waals surface area contributed by atoms with Crippen molar-refractivity contribution in [1.29, 1.82) is 0 Å². The molecule has 0 aliphatic carbocycles. The van der Waals surface area contributed by atoms with E-state index < -0.39 is 0 Å². The van der Waals surface area contributed by atoms with E-state index in [2.05, 4.69) is 22.1 Å². The maximum atomic E-state index is 11.7. The lowest BCUT2D eigenvalue weighted by Crippen LogP contribution is -2.29. The smallest absolute Gasteiger partial charge is 0.327 e. The third-order valence-corrected chi connectivity index (χ3v) is 4.19. The highest BCUT2D eigenvalue weighted by Crippen LogP contribution is 2.17. The molecular formula is C19H29ClN4O2. The van der Waals surface area contributed by atoms with Crippen LogP contribution in [0, 0.1) is 13.8 Å². The van der Waals surface area contributed by atoms with Crippen molar-refractivity contribution in [1.82, 2.24) is 14.7 Å². The van der Waals surface area contributed by atoms with Crippen molar-refractivity contribution in [2.45, 2.75) is 40.4 Å². The van der Waals surface area contributed by atoms with Gasteiger partial charge in [-0.3, -0.25) is 14.4 Å².